The fourth-order valence-electron chi connectivity index (χ4n) is 6.47. The number of halogens is 1. The number of carbonyl (C=O) groups is 1. The standard InChI is InChI=1S/C21H25BrN2OS/c1-12-3-13(2)18-16(4-12)26-19(24-18)23-17(25)10-20-6-14-5-15(7-20)9-21(22,8-14)11-20/h3-4,14-15H,5-11H2,1-2H3,(H,23,24,25). The van der Waals surface area contributed by atoms with E-state index < -0.39 is 0 Å². The summed E-state index contributed by atoms with van der Waals surface area (Å²) in [6.45, 7) is 4.19. The Morgan fingerprint density at radius 3 is 2.69 bits per heavy atom. The molecule has 4 aliphatic carbocycles. The van der Waals surface area contributed by atoms with Crippen molar-refractivity contribution in [3.05, 3.63) is 23.3 Å². The summed E-state index contributed by atoms with van der Waals surface area (Å²) in [7, 11) is 0. The predicted octanol–water partition coefficient (Wildman–Crippen LogP) is 5.98. The third kappa shape index (κ3) is 2.91. The van der Waals surface area contributed by atoms with Crippen molar-refractivity contribution in [2.24, 2.45) is 17.3 Å². The second kappa shape index (κ2) is 5.78. The number of amides is 1. The first kappa shape index (κ1) is 17.2. The molecule has 4 bridgehead atoms. The van der Waals surface area contributed by atoms with Crippen molar-refractivity contribution >= 4 is 48.5 Å². The van der Waals surface area contributed by atoms with Gasteiger partial charge in [-0.2, -0.15) is 0 Å². The smallest absolute Gasteiger partial charge is 0.226 e. The van der Waals surface area contributed by atoms with Gasteiger partial charge in [0.2, 0.25) is 5.91 Å². The van der Waals surface area contributed by atoms with Gasteiger partial charge in [0.1, 0.15) is 0 Å². The van der Waals surface area contributed by atoms with E-state index in [1.807, 2.05) is 0 Å². The van der Waals surface area contributed by atoms with Crippen LogP contribution in [0.5, 0.6) is 0 Å². The van der Waals surface area contributed by atoms with Crippen LogP contribution in [0.2, 0.25) is 0 Å². The van der Waals surface area contributed by atoms with Crippen molar-refractivity contribution in [3.8, 4) is 0 Å². The number of alkyl halides is 1. The minimum Gasteiger partial charge on any atom is -0.302 e. The van der Waals surface area contributed by atoms with Gasteiger partial charge in [0.05, 0.1) is 10.2 Å². The summed E-state index contributed by atoms with van der Waals surface area (Å²) >= 11 is 5.64. The molecule has 3 nitrogen and oxygen atoms in total. The molecule has 2 atom stereocenters. The van der Waals surface area contributed by atoms with E-state index in [0.29, 0.717) is 10.7 Å². The second-order valence-corrected chi connectivity index (χ2v) is 12.0. The number of aromatic nitrogens is 1. The van der Waals surface area contributed by atoms with Gasteiger partial charge in [0.15, 0.2) is 5.13 Å². The van der Waals surface area contributed by atoms with Gasteiger partial charge in [0, 0.05) is 10.7 Å². The van der Waals surface area contributed by atoms with Crippen LogP contribution in [0, 0.1) is 31.1 Å². The Labute approximate surface area is 167 Å². The first-order valence-electron chi connectivity index (χ1n) is 9.68. The van der Waals surface area contributed by atoms with E-state index in [1.165, 1.54) is 49.7 Å². The molecule has 1 aromatic heterocycles. The fraction of sp³-hybridized carbons (Fsp3) is 0.619. The number of benzene rings is 1. The van der Waals surface area contributed by atoms with Gasteiger partial charge in [-0.25, -0.2) is 4.98 Å². The van der Waals surface area contributed by atoms with Gasteiger partial charge in [-0.05, 0) is 86.8 Å². The van der Waals surface area contributed by atoms with E-state index in [9.17, 15) is 4.79 Å². The topological polar surface area (TPSA) is 42.0 Å². The Morgan fingerprint density at radius 2 is 2.00 bits per heavy atom. The highest BCUT2D eigenvalue weighted by molar-refractivity contribution is 9.10. The van der Waals surface area contributed by atoms with Crippen molar-refractivity contribution in [2.45, 2.75) is 63.1 Å². The van der Waals surface area contributed by atoms with Crippen LogP contribution in [0.15, 0.2) is 12.1 Å². The van der Waals surface area contributed by atoms with Crippen LogP contribution in [0.1, 0.15) is 56.1 Å². The number of fused-ring (bicyclic) bond motifs is 1. The third-order valence-corrected chi connectivity index (χ3v) is 8.57. The number of anilines is 1. The molecule has 1 N–H and O–H groups in total. The van der Waals surface area contributed by atoms with Gasteiger partial charge >= 0.3 is 0 Å². The molecule has 1 heterocycles. The Kier molecular flexibility index (Phi) is 3.82. The van der Waals surface area contributed by atoms with Crippen molar-refractivity contribution in [1.29, 1.82) is 0 Å². The van der Waals surface area contributed by atoms with Crippen LogP contribution >= 0.6 is 27.3 Å². The highest BCUT2D eigenvalue weighted by Crippen LogP contribution is 2.65. The number of hydrogen-bond acceptors (Lipinski definition) is 3. The van der Waals surface area contributed by atoms with Gasteiger partial charge in [-0.1, -0.05) is 33.3 Å². The minimum absolute atomic E-state index is 0.150. The van der Waals surface area contributed by atoms with Crippen LogP contribution in [0.25, 0.3) is 10.2 Å². The number of rotatable bonds is 3. The molecule has 0 aliphatic heterocycles. The molecule has 0 saturated heterocycles. The molecular weight excluding hydrogens is 408 g/mol. The summed E-state index contributed by atoms with van der Waals surface area (Å²) in [6, 6.07) is 4.31. The zero-order chi connectivity index (χ0) is 18.1. The molecule has 2 aromatic rings. The number of aryl methyl sites for hydroxylation is 2. The van der Waals surface area contributed by atoms with E-state index >= 15 is 0 Å². The molecule has 4 aliphatic rings. The lowest BCUT2D eigenvalue weighted by Crippen LogP contribution is -2.53. The van der Waals surface area contributed by atoms with Crippen molar-refractivity contribution in [2.75, 3.05) is 5.32 Å². The molecule has 6 rings (SSSR count). The minimum atomic E-state index is 0.150. The van der Waals surface area contributed by atoms with Crippen LogP contribution in [0.4, 0.5) is 5.13 Å². The average molecular weight is 433 g/mol. The third-order valence-electron chi connectivity index (χ3n) is 6.72. The van der Waals surface area contributed by atoms with Gasteiger partial charge in [0.25, 0.3) is 0 Å². The van der Waals surface area contributed by atoms with E-state index in [-0.39, 0.29) is 11.3 Å². The van der Waals surface area contributed by atoms with Crippen LogP contribution in [-0.2, 0) is 4.79 Å². The number of nitrogens with one attached hydrogen (secondary N) is 1. The molecule has 26 heavy (non-hydrogen) atoms. The maximum Gasteiger partial charge on any atom is 0.226 e. The molecule has 138 valence electrons. The SMILES string of the molecule is Cc1cc(C)c2nc(NC(=O)CC34CC5CC(CC(Br)(C5)C3)C4)sc2c1. The van der Waals surface area contributed by atoms with Gasteiger partial charge in [-0.15, -0.1) is 0 Å². The molecule has 1 aromatic carbocycles. The molecular formula is C21H25BrN2OS. The zero-order valence-corrected chi connectivity index (χ0v) is 17.8. The Morgan fingerprint density at radius 1 is 1.27 bits per heavy atom. The highest BCUT2D eigenvalue weighted by Gasteiger charge is 2.57. The molecule has 2 unspecified atom stereocenters. The first-order chi connectivity index (χ1) is 12.3. The monoisotopic (exact) mass is 432 g/mol. The lowest BCUT2D eigenvalue weighted by Gasteiger charge is -2.60. The summed E-state index contributed by atoms with van der Waals surface area (Å²) in [5, 5.41) is 3.87. The van der Waals surface area contributed by atoms with E-state index in [1.54, 1.807) is 11.3 Å². The van der Waals surface area contributed by atoms with Crippen LogP contribution < -0.4 is 5.32 Å². The molecule has 4 saturated carbocycles. The second-order valence-electron chi connectivity index (χ2n) is 9.28. The van der Waals surface area contributed by atoms with Crippen molar-refractivity contribution in [1.82, 2.24) is 4.98 Å². The summed E-state index contributed by atoms with van der Waals surface area (Å²) in [4.78, 5) is 17.5. The average Bonchev–Trinajstić information content (AvgIpc) is 2.86. The molecule has 0 spiro atoms. The largest absolute Gasteiger partial charge is 0.302 e. The number of hydrogen-bond donors (Lipinski definition) is 1. The van der Waals surface area contributed by atoms with E-state index in [2.05, 4.69) is 52.2 Å². The zero-order valence-electron chi connectivity index (χ0n) is 15.4. The van der Waals surface area contributed by atoms with Crippen molar-refractivity contribution in [3.63, 3.8) is 0 Å². The Bertz CT molecular complexity index is 891. The Balaban J connectivity index is 1.34. The lowest BCUT2D eigenvalue weighted by molar-refractivity contribution is -0.123. The summed E-state index contributed by atoms with van der Waals surface area (Å²) in [5.41, 5.74) is 3.65. The molecule has 1 amide bonds. The summed E-state index contributed by atoms with van der Waals surface area (Å²) < 4.78 is 1.47. The predicted molar refractivity (Wildman–Crippen MR) is 111 cm³/mol. The number of nitrogens with zero attached hydrogens (tertiary/aromatic N) is 1. The first-order valence-corrected chi connectivity index (χ1v) is 11.3. The van der Waals surface area contributed by atoms with E-state index in [0.717, 1.165) is 27.2 Å². The van der Waals surface area contributed by atoms with Gasteiger partial charge in [-0.3, -0.25) is 4.79 Å². The quantitative estimate of drug-likeness (QED) is 0.606. The number of carbonyl (C=O) groups excluding carboxylic acids is 1. The maximum atomic E-state index is 12.9. The van der Waals surface area contributed by atoms with Crippen molar-refractivity contribution < 1.29 is 4.79 Å². The Hall–Kier alpha value is -0.940. The normalized spacial score (nSPS) is 35.2. The molecule has 5 heteroatoms. The van der Waals surface area contributed by atoms with Crippen LogP contribution in [-0.4, -0.2) is 15.2 Å². The summed E-state index contributed by atoms with van der Waals surface area (Å²) in [5.74, 6) is 1.78. The molecule has 0 radical (unpaired) electrons. The fourth-order valence-corrected chi connectivity index (χ4v) is 9.04. The highest BCUT2D eigenvalue weighted by atomic mass is 79.9. The van der Waals surface area contributed by atoms with Crippen LogP contribution in [0.3, 0.4) is 0 Å². The van der Waals surface area contributed by atoms with E-state index in [4.69, 9.17) is 0 Å². The number of thiazole rings is 1. The summed E-state index contributed by atoms with van der Waals surface area (Å²) in [6.07, 6.45) is 8.30. The maximum absolute atomic E-state index is 12.9. The van der Waals surface area contributed by atoms with Gasteiger partial charge < -0.3 is 5.32 Å². The lowest BCUT2D eigenvalue weighted by atomic mass is 9.48. The molecule has 4 fully saturated rings.